The quantitative estimate of drug-likeness (QED) is 0.420. The number of hydrogen-bond acceptors (Lipinski definition) is 4. The Morgan fingerprint density at radius 1 is 1.30 bits per heavy atom. The summed E-state index contributed by atoms with van der Waals surface area (Å²) in [5, 5.41) is 11.8. The van der Waals surface area contributed by atoms with E-state index in [1.807, 2.05) is 24.3 Å². The molecule has 3 N–H and O–H groups in total. The van der Waals surface area contributed by atoms with Crippen LogP contribution in [0.5, 0.6) is 0 Å². The Balaban J connectivity index is 1.52. The number of ether oxygens (including phenoxy) is 1. The summed E-state index contributed by atoms with van der Waals surface area (Å²) >= 11 is 1.81. The summed E-state index contributed by atoms with van der Waals surface area (Å²) in [5.41, 5.74) is 1.83. The van der Waals surface area contributed by atoms with E-state index >= 15 is 0 Å². The largest absolute Gasteiger partial charge is 0.368 e. The summed E-state index contributed by atoms with van der Waals surface area (Å²) in [4.78, 5) is 18.4. The van der Waals surface area contributed by atoms with E-state index in [4.69, 9.17) is 9.73 Å². The lowest BCUT2D eigenvalue weighted by Crippen LogP contribution is -2.39. The highest BCUT2D eigenvalue weighted by molar-refractivity contribution is 7.09. The number of nitrogens with one attached hydrogen (secondary N) is 3. The molecule has 0 aliphatic carbocycles. The maximum Gasteiger partial charge on any atom is 0.253 e. The summed E-state index contributed by atoms with van der Waals surface area (Å²) in [6.07, 6.45) is 2.47. The lowest BCUT2D eigenvalue weighted by Gasteiger charge is -2.15. The molecule has 6 nitrogen and oxygen atoms in total. The van der Waals surface area contributed by atoms with E-state index in [0.717, 1.165) is 49.6 Å². The van der Waals surface area contributed by atoms with Crippen molar-refractivity contribution >= 4 is 28.9 Å². The number of rotatable bonds is 9. The second-order valence-electron chi connectivity index (χ2n) is 7.66. The van der Waals surface area contributed by atoms with Crippen LogP contribution in [0.25, 0.3) is 0 Å². The van der Waals surface area contributed by atoms with E-state index in [9.17, 15) is 4.79 Å². The highest BCUT2D eigenvalue weighted by atomic mass is 32.1. The van der Waals surface area contributed by atoms with E-state index < -0.39 is 0 Å². The van der Waals surface area contributed by atoms with Crippen LogP contribution in [-0.2, 0) is 22.5 Å². The van der Waals surface area contributed by atoms with Gasteiger partial charge in [0.2, 0.25) is 0 Å². The van der Waals surface area contributed by atoms with Gasteiger partial charge in [-0.25, -0.2) is 4.99 Å². The molecule has 7 heteroatoms. The lowest BCUT2D eigenvalue weighted by atomic mass is 10.1. The summed E-state index contributed by atoms with van der Waals surface area (Å²) in [6.45, 7) is 7.19. The smallest absolute Gasteiger partial charge is 0.253 e. The first kappa shape index (κ1) is 22.3. The number of amides is 1. The number of guanidine groups is 1. The second kappa shape index (κ2) is 11.7. The van der Waals surface area contributed by atoms with Gasteiger partial charge >= 0.3 is 0 Å². The van der Waals surface area contributed by atoms with E-state index in [-0.39, 0.29) is 12.0 Å². The number of thiophene rings is 1. The van der Waals surface area contributed by atoms with Gasteiger partial charge in [-0.15, -0.1) is 11.3 Å². The number of benzene rings is 1. The molecule has 1 aliphatic rings. The molecule has 3 rings (SSSR count). The van der Waals surface area contributed by atoms with Crippen LogP contribution in [0.2, 0.25) is 0 Å². The summed E-state index contributed by atoms with van der Waals surface area (Å²) in [5.74, 6) is 1.26. The minimum Gasteiger partial charge on any atom is -0.368 e. The fourth-order valence-corrected chi connectivity index (χ4v) is 4.25. The Bertz CT molecular complexity index is 816. The van der Waals surface area contributed by atoms with Crippen molar-refractivity contribution in [2.24, 2.45) is 10.9 Å². The first-order chi connectivity index (χ1) is 14.6. The molecule has 2 heterocycles. The van der Waals surface area contributed by atoms with Crippen molar-refractivity contribution in [3.8, 4) is 0 Å². The zero-order valence-corrected chi connectivity index (χ0v) is 18.6. The van der Waals surface area contributed by atoms with Gasteiger partial charge in [0.25, 0.3) is 5.91 Å². The van der Waals surface area contributed by atoms with Crippen LogP contribution in [0, 0.1) is 5.92 Å². The lowest BCUT2D eigenvalue weighted by molar-refractivity contribution is -0.124. The summed E-state index contributed by atoms with van der Waals surface area (Å²) in [7, 11) is 0. The number of carbonyl (C=O) groups is 1. The number of aliphatic imine (C=N–C) groups is 1. The van der Waals surface area contributed by atoms with Crippen molar-refractivity contribution in [3.63, 3.8) is 0 Å². The van der Waals surface area contributed by atoms with Gasteiger partial charge in [-0.2, -0.15) is 0 Å². The number of anilines is 1. The van der Waals surface area contributed by atoms with Gasteiger partial charge in [-0.05, 0) is 61.2 Å². The first-order valence-corrected chi connectivity index (χ1v) is 11.6. The Hall–Kier alpha value is -2.38. The molecular weight excluding hydrogens is 396 g/mol. The normalized spacial score (nSPS) is 17.5. The third-order valence-electron chi connectivity index (χ3n) is 4.93. The average Bonchev–Trinajstić information content (AvgIpc) is 3.44. The fraction of sp³-hybridized carbons (Fsp3) is 0.478. The minimum absolute atomic E-state index is 0.0668. The predicted molar refractivity (Wildman–Crippen MR) is 124 cm³/mol. The molecule has 2 atom stereocenters. The number of hydrogen-bond donors (Lipinski definition) is 3. The molecule has 0 spiro atoms. The molecule has 1 saturated heterocycles. The third-order valence-corrected chi connectivity index (χ3v) is 5.83. The van der Waals surface area contributed by atoms with Crippen LogP contribution in [0.15, 0.2) is 46.8 Å². The van der Waals surface area contributed by atoms with Gasteiger partial charge in [0, 0.05) is 30.3 Å². The van der Waals surface area contributed by atoms with Crippen molar-refractivity contribution < 1.29 is 9.53 Å². The Labute approximate surface area is 183 Å². The van der Waals surface area contributed by atoms with Crippen LogP contribution in [0.4, 0.5) is 5.69 Å². The zero-order chi connectivity index (χ0) is 21.2. The SMILES string of the molecule is CCNC(=NCc1cccc(NC(=O)C2CCCO2)c1)NCC(C)Cc1cccs1. The standard InChI is InChI=1S/C23H32N4O2S/c1-3-24-23(25-15-17(2)13-20-9-6-12-30-20)26-16-18-7-4-8-19(14-18)27-22(28)21-10-5-11-29-21/h4,6-9,12,14,17,21H,3,5,10-11,13,15-16H2,1-2H3,(H,27,28)(H2,24,25,26). The van der Waals surface area contributed by atoms with Crippen LogP contribution in [-0.4, -0.2) is 37.7 Å². The minimum atomic E-state index is -0.326. The molecule has 0 radical (unpaired) electrons. The van der Waals surface area contributed by atoms with Gasteiger partial charge < -0.3 is 20.7 Å². The van der Waals surface area contributed by atoms with Gasteiger partial charge in [-0.1, -0.05) is 25.1 Å². The summed E-state index contributed by atoms with van der Waals surface area (Å²) < 4.78 is 5.45. The zero-order valence-electron chi connectivity index (χ0n) is 17.8. The maximum absolute atomic E-state index is 12.3. The van der Waals surface area contributed by atoms with Crippen molar-refractivity contribution in [1.29, 1.82) is 0 Å². The van der Waals surface area contributed by atoms with Gasteiger partial charge in [-0.3, -0.25) is 4.79 Å². The molecular formula is C23H32N4O2S. The van der Waals surface area contributed by atoms with E-state index in [2.05, 4.69) is 47.3 Å². The van der Waals surface area contributed by atoms with Crippen molar-refractivity contribution in [1.82, 2.24) is 10.6 Å². The van der Waals surface area contributed by atoms with Gasteiger partial charge in [0.15, 0.2) is 5.96 Å². The Kier molecular flexibility index (Phi) is 8.71. The monoisotopic (exact) mass is 428 g/mol. The molecule has 1 aromatic carbocycles. The van der Waals surface area contributed by atoms with Crippen LogP contribution >= 0.6 is 11.3 Å². The molecule has 2 unspecified atom stereocenters. The molecule has 1 aliphatic heterocycles. The van der Waals surface area contributed by atoms with Crippen molar-refractivity contribution in [2.45, 2.75) is 45.8 Å². The molecule has 162 valence electrons. The molecule has 30 heavy (non-hydrogen) atoms. The molecule has 2 aromatic rings. The number of nitrogens with zero attached hydrogens (tertiary/aromatic N) is 1. The first-order valence-electron chi connectivity index (χ1n) is 10.7. The molecule has 0 bridgehead atoms. The van der Waals surface area contributed by atoms with E-state index in [0.29, 0.717) is 19.1 Å². The van der Waals surface area contributed by atoms with Gasteiger partial charge in [0.1, 0.15) is 6.10 Å². The van der Waals surface area contributed by atoms with E-state index in [1.54, 1.807) is 11.3 Å². The average molecular weight is 429 g/mol. The topological polar surface area (TPSA) is 74.8 Å². The van der Waals surface area contributed by atoms with Crippen LogP contribution in [0.1, 0.15) is 37.1 Å². The maximum atomic E-state index is 12.3. The fourth-order valence-electron chi connectivity index (χ4n) is 3.38. The third kappa shape index (κ3) is 7.15. The highest BCUT2D eigenvalue weighted by Crippen LogP contribution is 2.17. The van der Waals surface area contributed by atoms with Crippen molar-refractivity contribution in [2.75, 3.05) is 25.0 Å². The molecule has 0 saturated carbocycles. The highest BCUT2D eigenvalue weighted by Gasteiger charge is 2.23. The summed E-state index contributed by atoms with van der Waals surface area (Å²) in [6, 6.07) is 12.1. The van der Waals surface area contributed by atoms with Gasteiger partial charge in [0.05, 0.1) is 6.54 Å². The molecule has 1 fully saturated rings. The van der Waals surface area contributed by atoms with Crippen LogP contribution in [0.3, 0.4) is 0 Å². The Morgan fingerprint density at radius 3 is 2.93 bits per heavy atom. The Morgan fingerprint density at radius 2 is 2.20 bits per heavy atom. The van der Waals surface area contributed by atoms with Crippen molar-refractivity contribution in [3.05, 3.63) is 52.2 Å². The van der Waals surface area contributed by atoms with Crippen LogP contribution < -0.4 is 16.0 Å². The number of carbonyl (C=O) groups excluding carboxylic acids is 1. The van der Waals surface area contributed by atoms with E-state index in [1.165, 1.54) is 4.88 Å². The molecule has 1 amide bonds. The predicted octanol–water partition coefficient (Wildman–Crippen LogP) is 3.80. The second-order valence-corrected chi connectivity index (χ2v) is 8.69. The molecule has 1 aromatic heterocycles.